The van der Waals surface area contributed by atoms with E-state index < -0.39 is 0 Å². The minimum atomic E-state index is 0.0551. The van der Waals surface area contributed by atoms with E-state index in [1.54, 1.807) is 12.3 Å². The number of nitrogens with zero attached hydrogens (tertiary/aromatic N) is 4. The van der Waals surface area contributed by atoms with Crippen molar-refractivity contribution in [3.8, 4) is 22.6 Å². The zero-order valence-corrected chi connectivity index (χ0v) is 14.5. The Kier molecular flexibility index (Phi) is 4.77. The maximum Gasteiger partial charge on any atom is 0.174 e. The van der Waals surface area contributed by atoms with E-state index in [2.05, 4.69) is 9.88 Å². The number of hydrogen-bond acceptors (Lipinski definition) is 8. The Morgan fingerprint density at radius 3 is 2.15 bits per heavy atom. The molecule has 4 heterocycles. The van der Waals surface area contributed by atoms with Gasteiger partial charge in [0.05, 0.1) is 32.6 Å². The Morgan fingerprint density at radius 2 is 1.50 bits per heavy atom. The van der Waals surface area contributed by atoms with Gasteiger partial charge in [-0.05, 0) is 12.1 Å². The molecule has 2 aromatic rings. The molecular weight excluding hydrogens is 336 g/mol. The second-order valence-electron chi connectivity index (χ2n) is 6.33. The molecule has 2 N–H and O–H groups in total. The third-order valence-electron chi connectivity index (χ3n) is 4.64. The smallest absolute Gasteiger partial charge is 0.174 e. The van der Waals surface area contributed by atoms with Crippen LogP contribution in [0.25, 0.3) is 11.1 Å². The molecule has 0 bridgehead atoms. The Balaban J connectivity index is 1.80. The lowest BCUT2D eigenvalue weighted by molar-refractivity contribution is 0.121. The van der Waals surface area contributed by atoms with Crippen molar-refractivity contribution < 1.29 is 19.7 Å². The van der Waals surface area contributed by atoms with Gasteiger partial charge < -0.3 is 29.5 Å². The molecule has 0 amide bonds. The van der Waals surface area contributed by atoms with Crippen molar-refractivity contribution in [2.45, 2.75) is 0 Å². The fourth-order valence-electron chi connectivity index (χ4n) is 3.26. The second kappa shape index (κ2) is 7.35. The lowest BCUT2D eigenvalue weighted by Gasteiger charge is -2.32. The predicted molar refractivity (Wildman–Crippen MR) is 96.9 cm³/mol. The molecule has 2 fully saturated rings. The quantitative estimate of drug-likeness (QED) is 0.847. The van der Waals surface area contributed by atoms with Crippen LogP contribution in [-0.4, -0.2) is 72.8 Å². The summed E-state index contributed by atoms with van der Waals surface area (Å²) in [5.74, 6) is 1.47. The molecule has 0 atom stereocenters. The number of anilines is 2. The number of morpholine rings is 2. The molecule has 0 aliphatic carbocycles. The van der Waals surface area contributed by atoms with Crippen LogP contribution in [0.3, 0.4) is 0 Å². The van der Waals surface area contributed by atoms with Crippen molar-refractivity contribution in [1.82, 2.24) is 9.97 Å². The Morgan fingerprint density at radius 1 is 0.846 bits per heavy atom. The fourth-order valence-corrected chi connectivity index (χ4v) is 3.26. The lowest BCUT2D eigenvalue weighted by atomic mass is 10.1. The van der Waals surface area contributed by atoms with Gasteiger partial charge in [-0.3, -0.25) is 4.98 Å². The number of hydrogen-bond donors (Lipinski definition) is 2. The van der Waals surface area contributed by atoms with Gasteiger partial charge in [0, 0.05) is 43.5 Å². The summed E-state index contributed by atoms with van der Waals surface area (Å²) in [6.07, 6.45) is 2.99. The first-order valence-corrected chi connectivity index (χ1v) is 8.76. The van der Waals surface area contributed by atoms with Crippen molar-refractivity contribution in [2.24, 2.45) is 0 Å². The van der Waals surface area contributed by atoms with Crippen LogP contribution in [0.2, 0.25) is 0 Å². The van der Waals surface area contributed by atoms with Crippen LogP contribution in [0.15, 0.2) is 24.5 Å². The largest absolute Gasteiger partial charge is 0.506 e. The number of aromatic nitrogens is 2. The highest BCUT2D eigenvalue weighted by atomic mass is 16.5. The van der Waals surface area contributed by atoms with Gasteiger partial charge in [-0.25, -0.2) is 4.98 Å². The molecule has 26 heavy (non-hydrogen) atoms. The molecule has 2 aliphatic heterocycles. The molecule has 0 radical (unpaired) electrons. The lowest BCUT2D eigenvalue weighted by Crippen LogP contribution is -2.39. The molecule has 2 saturated heterocycles. The van der Waals surface area contributed by atoms with Crippen LogP contribution in [0.4, 0.5) is 11.6 Å². The minimum absolute atomic E-state index is 0.0551. The van der Waals surface area contributed by atoms with Crippen molar-refractivity contribution in [3.63, 3.8) is 0 Å². The first kappa shape index (κ1) is 16.9. The van der Waals surface area contributed by atoms with Crippen LogP contribution in [0, 0.1) is 0 Å². The summed E-state index contributed by atoms with van der Waals surface area (Å²) in [6.45, 7) is 5.35. The summed E-state index contributed by atoms with van der Waals surface area (Å²) in [4.78, 5) is 12.9. The number of aromatic hydroxyl groups is 2. The summed E-state index contributed by atoms with van der Waals surface area (Å²) < 4.78 is 10.9. The summed E-state index contributed by atoms with van der Waals surface area (Å²) in [6, 6.07) is 3.44. The van der Waals surface area contributed by atoms with Crippen LogP contribution in [-0.2, 0) is 9.47 Å². The number of pyridine rings is 2. The Bertz CT molecular complexity index is 774. The maximum atomic E-state index is 10.9. The van der Waals surface area contributed by atoms with Gasteiger partial charge in [-0.1, -0.05) is 0 Å². The first-order chi connectivity index (χ1) is 12.7. The number of ether oxygens (including phenoxy) is 2. The molecular formula is C18H22N4O4. The van der Waals surface area contributed by atoms with Crippen molar-refractivity contribution in [3.05, 3.63) is 24.5 Å². The average molecular weight is 358 g/mol. The summed E-state index contributed by atoms with van der Waals surface area (Å²) in [5.41, 5.74) is 1.25. The third-order valence-corrected chi connectivity index (χ3v) is 4.64. The third kappa shape index (κ3) is 3.38. The highest BCUT2D eigenvalue weighted by Gasteiger charge is 2.23. The highest BCUT2D eigenvalue weighted by molar-refractivity contribution is 5.79. The van der Waals surface area contributed by atoms with Crippen molar-refractivity contribution in [2.75, 3.05) is 62.4 Å². The van der Waals surface area contributed by atoms with E-state index in [0.29, 0.717) is 56.5 Å². The van der Waals surface area contributed by atoms with Crippen LogP contribution in [0.1, 0.15) is 0 Å². The molecule has 8 nitrogen and oxygen atoms in total. The monoisotopic (exact) mass is 358 g/mol. The van der Waals surface area contributed by atoms with E-state index in [9.17, 15) is 10.2 Å². The molecule has 8 heteroatoms. The number of rotatable bonds is 3. The molecule has 4 rings (SSSR count). The average Bonchev–Trinajstić information content (AvgIpc) is 2.69. The maximum absolute atomic E-state index is 10.9. The van der Waals surface area contributed by atoms with Gasteiger partial charge in [-0.15, -0.1) is 0 Å². The fraction of sp³-hybridized carbons (Fsp3) is 0.444. The van der Waals surface area contributed by atoms with Crippen LogP contribution >= 0.6 is 0 Å². The molecule has 2 aromatic heterocycles. The van der Waals surface area contributed by atoms with Crippen molar-refractivity contribution in [1.29, 1.82) is 0 Å². The zero-order chi connectivity index (χ0) is 17.9. The SMILES string of the molecule is Oc1cncc(-c2cc(N3CCOCC3)nc(N3CCOCC3)c2O)c1. The second-order valence-corrected chi connectivity index (χ2v) is 6.33. The van der Waals surface area contributed by atoms with Crippen molar-refractivity contribution >= 4 is 11.6 Å². The molecule has 0 unspecified atom stereocenters. The van der Waals surface area contributed by atoms with E-state index in [1.165, 1.54) is 6.20 Å². The molecule has 2 aliphatic rings. The van der Waals surface area contributed by atoms with Gasteiger partial charge >= 0.3 is 0 Å². The van der Waals surface area contributed by atoms with Crippen LogP contribution < -0.4 is 9.80 Å². The van der Waals surface area contributed by atoms with E-state index >= 15 is 0 Å². The van der Waals surface area contributed by atoms with E-state index in [1.807, 2.05) is 11.0 Å². The van der Waals surface area contributed by atoms with Gasteiger partial charge in [-0.2, -0.15) is 0 Å². The van der Waals surface area contributed by atoms with E-state index in [0.717, 1.165) is 18.9 Å². The van der Waals surface area contributed by atoms with Gasteiger partial charge in [0.15, 0.2) is 11.6 Å². The van der Waals surface area contributed by atoms with Gasteiger partial charge in [0.2, 0.25) is 0 Å². The summed E-state index contributed by atoms with van der Waals surface area (Å²) >= 11 is 0. The Hall–Kier alpha value is -2.58. The Labute approximate surface area is 151 Å². The summed E-state index contributed by atoms with van der Waals surface area (Å²) in [7, 11) is 0. The van der Waals surface area contributed by atoms with E-state index in [-0.39, 0.29) is 11.5 Å². The molecule has 138 valence electrons. The van der Waals surface area contributed by atoms with Gasteiger partial charge in [0.1, 0.15) is 11.6 Å². The molecule has 0 aromatic carbocycles. The molecule has 0 saturated carbocycles. The standard InChI is InChI=1S/C18H22N4O4/c23-14-9-13(11-19-12-14)15-10-16(21-1-5-25-6-2-21)20-18(17(15)24)22-3-7-26-8-4-22/h9-12,23-24H,1-8H2. The zero-order valence-electron chi connectivity index (χ0n) is 14.5. The minimum Gasteiger partial charge on any atom is -0.506 e. The highest BCUT2D eigenvalue weighted by Crippen LogP contribution is 2.40. The summed E-state index contributed by atoms with van der Waals surface area (Å²) in [5, 5.41) is 20.7. The van der Waals surface area contributed by atoms with Gasteiger partial charge in [0.25, 0.3) is 0 Å². The topological polar surface area (TPSA) is 91.2 Å². The predicted octanol–water partition coefficient (Wildman–Crippen LogP) is 1.23. The van der Waals surface area contributed by atoms with Crippen LogP contribution in [0.5, 0.6) is 11.5 Å². The molecule has 0 spiro atoms. The first-order valence-electron chi connectivity index (χ1n) is 8.76. The van der Waals surface area contributed by atoms with E-state index in [4.69, 9.17) is 14.5 Å². The normalized spacial score (nSPS) is 18.2.